The van der Waals surface area contributed by atoms with E-state index in [1.54, 1.807) is 4.90 Å². The molecule has 1 aliphatic rings. The second-order valence-electron chi connectivity index (χ2n) is 6.56. The fraction of sp³-hybridized carbons (Fsp3) is 0.867. The highest BCUT2D eigenvalue weighted by atomic mass is 16.4. The maximum atomic E-state index is 12.7. The van der Waals surface area contributed by atoms with Gasteiger partial charge < -0.3 is 14.9 Å². The lowest BCUT2D eigenvalue weighted by molar-refractivity contribution is -0.138. The monoisotopic (exact) mass is 284 g/mol. The summed E-state index contributed by atoms with van der Waals surface area (Å²) in [6, 6.07) is -0.127. The van der Waals surface area contributed by atoms with E-state index >= 15 is 0 Å². The van der Waals surface area contributed by atoms with Gasteiger partial charge in [-0.3, -0.25) is 4.79 Å². The zero-order chi connectivity index (χ0) is 15.3. The minimum atomic E-state index is -0.825. The molecular formula is C15H28N2O3. The van der Waals surface area contributed by atoms with Gasteiger partial charge in [-0.15, -0.1) is 0 Å². The molecule has 0 spiro atoms. The molecule has 1 aliphatic heterocycles. The molecule has 1 fully saturated rings. The maximum absolute atomic E-state index is 12.7. The Hall–Kier alpha value is -1.26. The largest absolute Gasteiger partial charge is 0.481 e. The number of carbonyl (C=O) groups excluding carboxylic acids is 1. The molecule has 0 bridgehead atoms. The Morgan fingerprint density at radius 2 is 1.75 bits per heavy atom. The van der Waals surface area contributed by atoms with Gasteiger partial charge in [-0.1, -0.05) is 27.7 Å². The van der Waals surface area contributed by atoms with Crippen LogP contribution in [0.3, 0.4) is 0 Å². The summed E-state index contributed by atoms with van der Waals surface area (Å²) >= 11 is 0. The number of hydrogen-bond acceptors (Lipinski definition) is 2. The first-order chi connectivity index (χ1) is 9.31. The molecule has 5 nitrogen and oxygen atoms in total. The van der Waals surface area contributed by atoms with Crippen LogP contribution in [-0.4, -0.2) is 52.6 Å². The highest BCUT2D eigenvalue weighted by Gasteiger charge is 2.33. The van der Waals surface area contributed by atoms with Crippen LogP contribution < -0.4 is 0 Å². The van der Waals surface area contributed by atoms with Crippen molar-refractivity contribution >= 4 is 12.0 Å². The number of urea groups is 1. The number of carboxylic acids is 1. The number of hydrogen-bond donors (Lipinski definition) is 1. The lowest BCUT2D eigenvalue weighted by Crippen LogP contribution is -2.48. The third kappa shape index (κ3) is 5.02. The van der Waals surface area contributed by atoms with Crippen LogP contribution in [-0.2, 0) is 4.79 Å². The van der Waals surface area contributed by atoms with E-state index in [-0.39, 0.29) is 18.5 Å². The van der Waals surface area contributed by atoms with Gasteiger partial charge in [-0.2, -0.15) is 0 Å². The van der Waals surface area contributed by atoms with Crippen molar-refractivity contribution in [1.82, 2.24) is 9.80 Å². The molecule has 0 radical (unpaired) electrons. The quantitative estimate of drug-likeness (QED) is 0.815. The molecule has 1 atom stereocenters. The van der Waals surface area contributed by atoms with E-state index in [4.69, 9.17) is 5.11 Å². The van der Waals surface area contributed by atoms with Gasteiger partial charge >= 0.3 is 12.0 Å². The molecule has 0 aromatic rings. The van der Waals surface area contributed by atoms with Crippen molar-refractivity contribution in [1.29, 1.82) is 0 Å². The van der Waals surface area contributed by atoms with E-state index in [2.05, 4.69) is 27.7 Å². The van der Waals surface area contributed by atoms with Crippen molar-refractivity contribution in [3.8, 4) is 0 Å². The Bertz CT molecular complexity index is 332. The maximum Gasteiger partial charge on any atom is 0.320 e. The SMILES string of the molecule is CC(C)CN(CC(C)C)C(=O)N1CCCC1CC(=O)O. The van der Waals surface area contributed by atoms with Crippen LogP contribution in [0.5, 0.6) is 0 Å². The standard InChI is InChI=1S/C15H28N2O3/c1-11(2)9-16(10-12(3)4)15(20)17-7-5-6-13(17)8-14(18)19/h11-13H,5-10H2,1-4H3,(H,18,19). The predicted molar refractivity (Wildman–Crippen MR) is 78.6 cm³/mol. The average Bonchev–Trinajstić information content (AvgIpc) is 2.73. The molecule has 1 saturated heterocycles. The van der Waals surface area contributed by atoms with Crippen molar-refractivity contribution < 1.29 is 14.7 Å². The number of nitrogens with zero attached hydrogens (tertiary/aromatic N) is 2. The summed E-state index contributed by atoms with van der Waals surface area (Å²) in [6.07, 6.45) is 1.76. The summed E-state index contributed by atoms with van der Waals surface area (Å²) in [7, 11) is 0. The van der Waals surface area contributed by atoms with E-state index in [0.29, 0.717) is 18.4 Å². The lowest BCUT2D eigenvalue weighted by atomic mass is 10.1. The molecule has 20 heavy (non-hydrogen) atoms. The molecule has 1 rings (SSSR count). The normalized spacial score (nSPS) is 18.9. The van der Waals surface area contributed by atoms with Crippen molar-refractivity contribution in [2.24, 2.45) is 11.8 Å². The van der Waals surface area contributed by atoms with Crippen LogP contribution in [0.15, 0.2) is 0 Å². The molecule has 0 saturated carbocycles. The van der Waals surface area contributed by atoms with Gasteiger partial charge in [-0.05, 0) is 24.7 Å². The van der Waals surface area contributed by atoms with Crippen molar-refractivity contribution in [3.63, 3.8) is 0 Å². The van der Waals surface area contributed by atoms with Crippen LogP contribution in [0.4, 0.5) is 4.79 Å². The first kappa shape index (κ1) is 16.8. The van der Waals surface area contributed by atoms with Gasteiger partial charge in [0.05, 0.1) is 6.42 Å². The predicted octanol–water partition coefficient (Wildman–Crippen LogP) is 2.66. The van der Waals surface area contributed by atoms with E-state index in [9.17, 15) is 9.59 Å². The van der Waals surface area contributed by atoms with Gasteiger partial charge in [0.1, 0.15) is 0 Å². The molecule has 1 unspecified atom stereocenters. The first-order valence-corrected chi connectivity index (χ1v) is 7.58. The lowest BCUT2D eigenvalue weighted by Gasteiger charge is -2.33. The fourth-order valence-corrected chi connectivity index (χ4v) is 2.80. The third-order valence-corrected chi connectivity index (χ3v) is 3.47. The molecule has 2 amide bonds. The Labute approximate surface area is 121 Å². The second kappa shape index (κ2) is 7.50. The highest BCUT2D eigenvalue weighted by Crippen LogP contribution is 2.22. The zero-order valence-corrected chi connectivity index (χ0v) is 13.1. The topological polar surface area (TPSA) is 60.9 Å². The molecule has 0 aliphatic carbocycles. The Morgan fingerprint density at radius 3 is 2.20 bits per heavy atom. The number of rotatable bonds is 6. The van der Waals surface area contributed by atoms with Crippen molar-refractivity contribution in [2.45, 2.75) is 53.0 Å². The molecular weight excluding hydrogens is 256 g/mol. The van der Waals surface area contributed by atoms with E-state index in [1.165, 1.54) is 0 Å². The number of carbonyl (C=O) groups is 2. The minimum absolute atomic E-state index is 0.0103. The summed E-state index contributed by atoms with van der Waals surface area (Å²) in [4.78, 5) is 27.2. The number of likely N-dealkylation sites (tertiary alicyclic amines) is 1. The summed E-state index contributed by atoms with van der Waals surface area (Å²) < 4.78 is 0. The van der Waals surface area contributed by atoms with Crippen LogP contribution in [0.1, 0.15) is 47.0 Å². The number of carboxylic acid groups (broad SMARTS) is 1. The smallest absolute Gasteiger partial charge is 0.320 e. The molecule has 0 aromatic heterocycles. The van der Waals surface area contributed by atoms with Gasteiger partial charge in [0, 0.05) is 25.7 Å². The first-order valence-electron chi connectivity index (χ1n) is 7.58. The van der Waals surface area contributed by atoms with Gasteiger partial charge in [0.2, 0.25) is 0 Å². The molecule has 1 heterocycles. The average molecular weight is 284 g/mol. The summed E-state index contributed by atoms with van der Waals surface area (Å²) in [5, 5.41) is 8.95. The second-order valence-corrected chi connectivity index (χ2v) is 6.56. The van der Waals surface area contributed by atoms with Crippen LogP contribution in [0, 0.1) is 11.8 Å². The molecule has 116 valence electrons. The molecule has 1 N–H and O–H groups in total. The number of amides is 2. The van der Waals surface area contributed by atoms with Gasteiger partial charge in [0.25, 0.3) is 0 Å². The van der Waals surface area contributed by atoms with Gasteiger partial charge in [0.15, 0.2) is 0 Å². The highest BCUT2D eigenvalue weighted by molar-refractivity contribution is 5.76. The number of aliphatic carboxylic acids is 1. The zero-order valence-electron chi connectivity index (χ0n) is 13.1. The summed E-state index contributed by atoms with van der Waals surface area (Å²) in [5.74, 6) is 0.00502. The summed E-state index contributed by atoms with van der Waals surface area (Å²) in [5.41, 5.74) is 0. The molecule has 0 aromatic carbocycles. The minimum Gasteiger partial charge on any atom is -0.481 e. The van der Waals surface area contributed by atoms with Crippen molar-refractivity contribution in [3.05, 3.63) is 0 Å². The van der Waals surface area contributed by atoms with Crippen LogP contribution >= 0.6 is 0 Å². The molecule has 5 heteroatoms. The van der Waals surface area contributed by atoms with Crippen molar-refractivity contribution in [2.75, 3.05) is 19.6 Å². The fourth-order valence-electron chi connectivity index (χ4n) is 2.80. The van der Waals surface area contributed by atoms with Crippen LogP contribution in [0.2, 0.25) is 0 Å². The van der Waals surface area contributed by atoms with Gasteiger partial charge in [-0.25, -0.2) is 4.79 Å². The summed E-state index contributed by atoms with van der Waals surface area (Å²) in [6.45, 7) is 10.5. The Morgan fingerprint density at radius 1 is 1.20 bits per heavy atom. The van der Waals surface area contributed by atoms with E-state index < -0.39 is 5.97 Å². The Balaban J connectivity index is 2.73. The van der Waals surface area contributed by atoms with Crippen LogP contribution in [0.25, 0.3) is 0 Å². The Kier molecular flexibility index (Phi) is 6.30. The van der Waals surface area contributed by atoms with E-state index in [0.717, 1.165) is 25.9 Å². The third-order valence-electron chi connectivity index (χ3n) is 3.47. The van der Waals surface area contributed by atoms with E-state index in [1.807, 2.05) is 4.90 Å².